The lowest BCUT2D eigenvalue weighted by Gasteiger charge is -2.30. The van der Waals surface area contributed by atoms with Crippen LogP contribution in [0, 0.1) is 5.92 Å². The van der Waals surface area contributed by atoms with Gasteiger partial charge in [-0.25, -0.2) is 0 Å². The molecule has 1 aliphatic carbocycles. The van der Waals surface area contributed by atoms with E-state index in [9.17, 15) is 0 Å². The van der Waals surface area contributed by atoms with Crippen molar-refractivity contribution in [2.24, 2.45) is 5.92 Å². The summed E-state index contributed by atoms with van der Waals surface area (Å²) in [6.07, 6.45) is 5.41. The van der Waals surface area contributed by atoms with Gasteiger partial charge in [-0.15, -0.1) is 0 Å². The van der Waals surface area contributed by atoms with E-state index in [0.717, 1.165) is 12.0 Å². The number of unbranched alkanes of at least 4 members (excludes halogenated alkanes) is 1. The molecule has 15 heavy (non-hydrogen) atoms. The highest BCUT2D eigenvalue weighted by molar-refractivity contribution is 4.83. The van der Waals surface area contributed by atoms with Crippen molar-refractivity contribution in [3.8, 4) is 0 Å². The minimum atomic E-state index is 0.697. The highest BCUT2D eigenvalue weighted by Gasteiger charge is 2.23. The molecule has 1 N–H and O–H groups in total. The molecule has 0 amide bonds. The summed E-state index contributed by atoms with van der Waals surface area (Å²) in [5.74, 6) is 0.757. The monoisotopic (exact) mass is 212 g/mol. The van der Waals surface area contributed by atoms with Crippen LogP contribution in [0.3, 0.4) is 0 Å². The Hall–Kier alpha value is -0.0800. The van der Waals surface area contributed by atoms with Gasteiger partial charge in [-0.1, -0.05) is 20.3 Å². The van der Waals surface area contributed by atoms with Crippen LogP contribution in [0.1, 0.15) is 46.5 Å². The average molecular weight is 212 g/mol. The van der Waals surface area contributed by atoms with Gasteiger partial charge in [0.05, 0.1) is 0 Å². The number of hydrogen-bond donors (Lipinski definition) is 1. The van der Waals surface area contributed by atoms with Crippen molar-refractivity contribution < 1.29 is 0 Å². The quantitative estimate of drug-likeness (QED) is 0.665. The largest absolute Gasteiger partial charge is 0.314 e. The zero-order chi connectivity index (χ0) is 11.3. The molecule has 1 aliphatic rings. The molecule has 2 atom stereocenters. The predicted octanol–water partition coefficient (Wildman–Crippen LogP) is 2.49. The van der Waals surface area contributed by atoms with E-state index in [1.807, 2.05) is 0 Å². The van der Waals surface area contributed by atoms with Crippen molar-refractivity contribution in [1.82, 2.24) is 10.2 Å². The molecule has 0 radical (unpaired) electrons. The van der Waals surface area contributed by atoms with Crippen LogP contribution in [-0.4, -0.2) is 37.1 Å². The van der Waals surface area contributed by atoms with E-state index >= 15 is 0 Å². The van der Waals surface area contributed by atoms with Gasteiger partial charge < -0.3 is 10.2 Å². The highest BCUT2D eigenvalue weighted by Crippen LogP contribution is 2.19. The van der Waals surface area contributed by atoms with Gasteiger partial charge in [0.2, 0.25) is 0 Å². The SMILES string of the molecule is CCCCN(C)C(C)C(C)CNC1CC1. The second-order valence-electron chi connectivity index (χ2n) is 5.23. The smallest absolute Gasteiger partial charge is 0.0102 e. The molecule has 1 rings (SSSR count). The molecule has 0 saturated heterocycles. The number of nitrogens with zero attached hydrogens (tertiary/aromatic N) is 1. The number of hydrogen-bond acceptors (Lipinski definition) is 2. The van der Waals surface area contributed by atoms with Gasteiger partial charge in [0, 0.05) is 12.1 Å². The molecule has 2 heteroatoms. The van der Waals surface area contributed by atoms with E-state index in [4.69, 9.17) is 0 Å². The molecule has 90 valence electrons. The van der Waals surface area contributed by atoms with Gasteiger partial charge in [0.15, 0.2) is 0 Å². The zero-order valence-electron chi connectivity index (χ0n) is 10.9. The van der Waals surface area contributed by atoms with Crippen molar-refractivity contribution in [3.05, 3.63) is 0 Å². The van der Waals surface area contributed by atoms with Crippen LogP contribution in [0.2, 0.25) is 0 Å². The van der Waals surface area contributed by atoms with Crippen molar-refractivity contribution in [2.75, 3.05) is 20.1 Å². The number of nitrogens with one attached hydrogen (secondary N) is 1. The van der Waals surface area contributed by atoms with Gasteiger partial charge in [0.1, 0.15) is 0 Å². The third-order valence-corrected chi connectivity index (χ3v) is 3.69. The Morgan fingerprint density at radius 2 is 2.00 bits per heavy atom. The van der Waals surface area contributed by atoms with Crippen LogP contribution in [-0.2, 0) is 0 Å². The molecular formula is C13H28N2. The summed E-state index contributed by atoms with van der Waals surface area (Å²) < 4.78 is 0. The topological polar surface area (TPSA) is 15.3 Å². The maximum atomic E-state index is 3.62. The van der Waals surface area contributed by atoms with Crippen molar-refractivity contribution in [3.63, 3.8) is 0 Å². The third kappa shape index (κ3) is 4.98. The van der Waals surface area contributed by atoms with Gasteiger partial charge in [-0.3, -0.25) is 0 Å². The fourth-order valence-electron chi connectivity index (χ4n) is 1.86. The molecular weight excluding hydrogens is 184 g/mol. The van der Waals surface area contributed by atoms with E-state index in [-0.39, 0.29) is 0 Å². The summed E-state index contributed by atoms with van der Waals surface area (Å²) in [7, 11) is 2.26. The normalized spacial score (nSPS) is 20.6. The Labute approximate surface area is 95.4 Å². The van der Waals surface area contributed by atoms with E-state index in [1.54, 1.807) is 0 Å². The minimum absolute atomic E-state index is 0.697. The van der Waals surface area contributed by atoms with Crippen molar-refractivity contribution in [1.29, 1.82) is 0 Å². The summed E-state index contributed by atoms with van der Waals surface area (Å²) in [6.45, 7) is 9.40. The summed E-state index contributed by atoms with van der Waals surface area (Å²) in [5, 5.41) is 3.62. The molecule has 0 aliphatic heterocycles. The maximum absolute atomic E-state index is 3.62. The van der Waals surface area contributed by atoms with E-state index in [2.05, 4.69) is 38.0 Å². The van der Waals surface area contributed by atoms with Gasteiger partial charge in [0.25, 0.3) is 0 Å². The van der Waals surface area contributed by atoms with E-state index in [1.165, 1.54) is 38.8 Å². The van der Waals surface area contributed by atoms with E-state index in [0.29, 0.717) is 6.04 Å². The minimum Gasteiger partial charge on any atom is -0.314 e. The predicted molar refractivity (Wildman–Crippen MR) is 67.2 cm³/mol. The second kappa shape index (κ2) is 6.49. The van der Waals surface area contributed by atoms with Gasteiger partial charge >= 0.3 is 0 Å². The first-order valence-corrected chi connectivity index (χ1v) is 6.58. The highest BCUT2D eigenvalue weighted by atomic mass is 15.1. The first-order valence-electron chi connectivity index (χ1n) is 6.58. The first-order chi connectivity index (χ1) is 7.15. The van der Waals surface area contributed by atoms with E-state index < -0.39 is 0 Å². The van der Waals surface area contributed by atoms with Gasteiger partial charge in [-0.2, -0.15) is 0 Å². The standard InChI is InChI=1S/C13H28N2/c1-5-6-9-15(4)12(3)11(2)10-14-13-7-8-13/h11-14H,5-10H2,1-4H3. The maximum Gasteiger partial charge on any atom is 0.0102 e. The first kappa shape index (κ1) is 13.0. The Morgan fingerprint density at radius 3 is 2.53 bits per heavy atom. The van der Waals surface area contributed by atoms with Crippen LogP contribution >= 0.6 is 0 Å². The molecule has 2 nitrogen and oxygen atoms in total. The summed E-state index contributed by atoms with van der Waals surface area (Å²) >= 11 is 0. The summed E-state index contributed by atoms with van der Waals surface area (Å²) in [6, 6.07) is 1.54. The fourth-order valence-corrected chi connectivity index (χ4v) is 1.86. The lowest BCUT2D eigenvalue weighted by atomic mass is 10.0. The Kier molecular flexibility index (Phi) is 5.62. The van der Waals surface area contributed by atoms with Crippen LogP contribution in [0.5, 0.6) is 0 Å². The second-order valence-corrected chi connectivity index (χ2v) is 5.23. The number of rotatable bonds is 8. The third-order valence-electron chi connectivity index (χ3n) is 3.69. The lowest BCUT2D eigenvalue weighted by molar-refractivity contribution is 0.193. The van der Waals surface area contributed by atoms with Crippen LogP contribution in [0.15, 0.2) is 0 Å². The average Bonchev–Trinajstić information content (AvgIpc) is 3.05. The molecule has 0 aromatic rings. The molecule has 0 aromatic heterocycles. The molecule has 0 bridgehead atoms. The Morgan fingerprint density at radius 1 is 1.33 bits per heavy atom. The van der Waals surface area contributed by atoms with Crippen LogP contribution < -0.4 is 5.32 Å². The van der Waals surface area contributed by atoms with Crippen LogP contribution in [0.25, 0.3) is 0 Å². The molecule has 1 saturated carbocycles. The lowest BCUT2D eigenvalue weighted by Crippen LogP contribution is -2.39. The zero-order valence-corrected chi connectivity index (χ0v) is 10.9. The Balaban J connectivity index is 2.13. The molecule has 1 fully saturated rings. The molecule has 0 spiro atoms. The molecule has 0 heterocycles. The van der Waals surface area contributed by atoms with Crippen molar-refractivity contribution >= 4 is 0 Å². The van der Waals surface area contributed by atoms with Crippen molar-refractivity contribution in [2.45, 2.75) is 58.5 Å². The summed E-state index contributed by atoms with van der Waals surface area (Å²) in [5.41, 5.74) is 0. The summed E-state index contributed by atoms with van der Waals surface area (Å²) in [4.78, 5) is 2.50. The Bertz CT molecular complexity index is 166. The molecule has 2 unspecified atom stereocenters. The van der Waals surface area contributed by atoms with Crippen LogP contribution in [0.4, 0.5) is 0 Å². The molecule has 0 aromatic carbocycles. The fraction of sp³-hybridized carbons (Fsp3) is 1.00. The van der Waals surface area contributed by atoms with Gasteiger partial charge in [-0.05, 0) is 52.2 Å².